The molecule has 0 bridgehead atoms. The predicted octanol–water partition coefficient (Wildman–Crippen LogP) is 9.46. The molecule has 5 rings (SSSR count). The first-order chi connectivity index (χ1) is 38.0. The first-order valence-corrected chi connectivity index (χ1v) is 34.0. The molecule has 18 atom stereocenters. The normalized spacial score (nSPS) is 36.6. The molecule has 5 N–H and O–H groups in total. The zero-order valence-corrected chi connectivity index (χ0v) is 53.7. The molecule has 2 aromatic rings. The van der Waals surface area contributed by atoms with Crippen LogP contribution in [0.4, 0.5) is 0 Å². The van der Waals surface area contributed by atoms with Gasteiger partial charge in [-0.25, -0.2) is 0 Å². The number of aliphatic hydroxyl groups excluding tert-OH is 3. The van der Waals surface area contributed by atoms with E-state index in [0.717, 1.165) is 57.5 Å². The van der Waals surface area contributed by atoms with E-state index >= 15 is 0 Å². The fourth-order valence-corrected chi connectivity index (χ4v) is 19.7. The van der Waals surface area contributed by atoms with E-state index in [1.807, 2.05) is 32.8 Å². The summed E-state index contributed by atoms with van der Waals surface area (Å²) in [4.78, 5) is 32.8. The van der Waals surface area contributed by atoms with Crippen molar-refractivity contribution in [2.45, 2.75) is 269 Å². The molecule has 17 heteroatoms. The third-order valence-corrected chi connectivity index (χ3v) is 27.9. The third-order valence-electron chi connectivity index (χ3n) is 18.9. The standard InChI is InChI=1S/C64H108ClN2O13P/c1-16-52-64(12,74)57(70)47(8)67(53(68)36-30-22-20-18-17-19-21-23-31-37-81(65,42(2)3,49-32-26-24-27-33-49)50-34-28-25-29-35-50)41-43(4)39-62(10,73)59(80-61-55(69)51(66(13)14)38-44(5)76-61)45(6)56(46(7)60(72)78-52)79-54-40-63(11,75-15)58(71)48(9)77-54/h24-29,32-35,42-48,51-52,54-59,61,69-71,73-74H,16-23,30-31,36-41H2,1-15H3/t43-,44-,45+,46+,47-,48+,51+,52-,54+,55-,56+,57-,58+,59-,61+,62-,63-,64-/m1/s1. The molecule has 0 radical (unpaired) electrons. The molecule has 3 saturated heterocycles. The summed E-state index contributed by atoms with van der Waals surface area (Å²) in [6, 6.07) is 20.2. The van der Waals surface area contributed by atoms with Crippen LogP contribution < -0.4 is 10.6 Å². The van der Waals surface area contributed by atoms with Gasteiger partial charge in [0.15, 0.2) is 12.6 Å². The zero-order valence-electron chi connectivity index (χ0n) is 52.0. The van der Waals surface area contributed by atoms with Crippen LogP contribution in [0.1, 0.15) is 173 Å². The van der Waals surface area contributed by atoms with E-state index in [4.69, 9.17) is 39.7 Å². The molecule has 0 aromatic heterocycles. The van der Waals surface area contributed by atoms with Gasteiger partial charge in [0.1, 0.15) is 30.0 Å². The van der Waals surface area contributed by atoms with Crippen molar-refractivity contribution in [2.24, 2.45) is 17.8 Å². The van der Waals surface area contributed by atoms with Gasteiger partial charge in [-0.3, -0.25) is 9.59 Å². The molecule has 0 spiro atoms. The van der Waals surface area contributed by atoms with Crippen LogP contribution in [-0.2, 0) is 38.0 Å². The number of halogens is 1. The summed E-state index contributed by atoms with van der Waals surface area (Å²) in [5.41, 5.74) is -4.51. The van der Waals surface area contributed by atoms with Crippen LogP contribution in [-0.4, -0.2) is 177 Å². The van der Waals surface area contributed by atoms with Crippen LogP contribution >= 0.6 is 17.2 Å². The van der Waals surface area contributed by atoms with Gasteiger partial charge in [0.25, 0.3) is 0 Å². The van der Waals surface area contributed by atoms with Gasteiger partial charge in [-0.1, -0.05) is 20.8 Å². The first-order valence-electron chi connectivity index (χ1n) is 30.6. The molecule has 3 aliphatic rings. The van der Waals surface area contributed by atoms with Crippen molar-refractivity contribution in [2.75, 3.05) is 33.9 Å². The number of nitrogens with zero attached hydrogens (tertiary/aromatic N) is 2. The number of likely N-dealkylation sites (N-methyl/N-ethyl adjacent to an activating group) is 1. The summed E-state index contributed by atoms with van der Waals surface area (Å²) in [5, 5.41) is 63.0. The second-order valence-corrected chi connectivity index (χ2v) is 33.3. The van der Waals surface area contributed by atoms with Crippen molar-refractivity contribution in [1.29, 1.82) is 0 Å². The van der Waals surface area contributed by atoms with Gasteiger partial charge >= 0.3 is 190 Å². The summed E-state index contributed by atoms with van der Waals surface area (Å²) in [5.74, 6) is -6.27. The molecule has 0 aliphatic carbocycles. The Labute approximate surface area is 492 Å². The minimum absolute atomic E-state index is 0.0706. The van der Waals surface area contributed by atoms with Crippen molar-refractivity contribution < 1.29 is 63.5 Å². The van der Waals surface area contributed by atoms with Crippen molar-refractivity contribution in [3.05, 3.63) is 60.7 Å². The third kappa shape index (κ3) is 16.4. The number of hydrogen-bond donors (Lipinski definition) is 5. The average Bonchev–Trinajstić information content (AvgIpc) is 3.58. The molecule has 15 nitrogen and oxygen atoms in total. The molecule has 3 fully saturated rings. The average molecular weight is 1180 g/mol. The number of aliphatic hydroxyl groups is 5. The molecule has 3 heterocycles. The fourth-order valence-electron chi connectivity index (χ4n) is 13.7. The van der Waals surface area contributed by atoms with E-state index in [1.165, 1.54) is 24.6 Å². The van der Waals surface area contributed by atoms with Crippen LogP contribution in [0, 0.1) is 17.8 Å². The quantitative estimate of drug-likeness (QED) is 0.0425. The fraction of sp³-hybridized carbons (Fsp3) is 0.781. The molecule has 0 unspecified atom stereocenters. The maximum absolute atomic E-state index is 14.7. The first kappa shape index (κ1) is 69.4. The number of carbonyl (C=O) groups is 2. The molecule has 0 saturated carbocycles. The Morgan fingerprint density at radius 2 is 1.35 bits per heavy atom. The van der Waals surface area contributed by atoms with Crippen LogP contribution in [0.2, 0.25) is 0 Å². The van der Waals surface area contributed by atoms with E-state index in [1.54, 1.807) is 53.4 Å². The summed E-state index contributed by atoms with van der Waals surface area (Å²) in [7, 11) is 5.26. The zero-order chi connectivity index (χ0) is 60.3. The van der Waals surface area contributed by atoms with Gasteiger partial charge < -0.3 is 63.8 Å². The number of unbranched alkanes of at least 4 members (excludes halogenated alkanes) is 8. The van der Waals surface area contributed by atoms with E-state index in [2.05, 4.69) is 74.5 Å². The Balaban J connectivity index is 1.32. The molecular weight excluding hydrogens is 1070 g/mol. The Kier molecular flexibility index (Phi) is 25.6. The number of ether oxygens (including phenoxy) is 6. The van der Waals surface area contributed by atoms with Gasteiger partial charge in [0.2, 0.25) is 0 Å². The van der Waals surface area contributed by atoms with Crippen molar-refractivity contribution in [3.8, 4) is 0 Å². The predicted molar refractivity (Wildman–Crippen MR) is 324 cm³/mol. The monoisotopic (exact) mass is 1180 g/mol. The van der Waals surface area contributed by atoms with Crippen LogP contribution in [0.25, 0.3) is 0 Å². The molecular formula is C64H108ClN2O13P. The maximum Gasteiger partial charge on any atom is 0.126 e. The van der Waals surface area contributed by atoms with Gasteiger partial charge in [-0.05, 0) is 87.7 Å². The van der Waals surface area contributed by atoms with Crippen molar-refractivity contribution >= 4 is 39.7 Å². The Bertz CT molecular complexity index is 2190. The van der Waals surface area contributed by atoms with Gasteiger partial charge in [-0.2, -0.15) is 0 Å². The van der Waals surface area contributed by atoms with E-state index in [9.17, 15) is 35.1 Å². The Morgan fingerprint density at radius 3 is 1.86 bits per heavy atom. The van der Waals surface area contributed by atoms with Crippen molar-refractivity contribution in [1.82, 2.24) is 9.80 Å². The number of methoxy groups -OCH3 is 1. The Hall–Kier alpha value is -2.34. The van der Waals surface area contributed by atoms with Gasteiger partial charge in [0, 0.05) is 32.0 Å². The maximum atomic E-state index is 14.7. The van der Waals surface area contributed by atoms with Crippen LogP contribution in [0.15, 0.2) is 60.7 Å². The molecule has 81 heavy (non-hydrogen) atoms. The Morgan fingerprint density at radius 1 is 0.802 bits per heavy atom. The second kappa shape index (κ2) is 29.8. The number of amides is 1. The largest absolute Gasteiger partial charge is 0.388 e. The second-order valence-electron chi connectivity index (χ2n) is 25.9. The summed E-state index contributed by atoms with van der Waals surface area (Å²) >= 11 is 8.12. The SMILES string of the molecule is CC[C@H]1OC(=O)[C@@H](C)[C@@H](O[C@H]2C[C@@](C)(OC)[C@@H](O)[C@H](C)O2)[C@H](C)[C@@H](O[C@@H]2O[C@H](C)C[C@H](N(C)C)[C@H]2O)[C@](C)(O)C[C@@H](C)CN(C(=O)CCCCCCCCCCCP(Cl)(c2ccccc2)(c2ccccc2)C(C)C)[C@H](C)[C@@H](O)[C@]1(C)O. The molecule has 3 aliphatic heterocycles. The minimum Gasteiger partial charge on any atom is -0.388 e. The van der Waals surface area contributed by atoms with E-state index in [0.29, 0.717) is 12.8 Å². The minimum atomic E-state index is -2.99. The molecule has 464 valence electrons. The number of cyclic esters (lactones) is 1. The number of hydrogen-bond acceptors (Lipinski definition) is 14. The number of carbonyl (C=O) groups excluding carboxylic acids is 2. The van der Waals surface area contributed by atoms with Gasteiger partial charge in [-0.15, -0.1) is 0 Å². The van der Waals surface area contributed by atoms with E-state index in [-0.39, 0.29) is 55.9 Å². The number of benzene rings is 2. The molecule has 1 amide bonds. The number of esters is 1. The van der Waals surface area contributed by atoms with Gasteiger partial charge in [0.05, 0.1) is 47.6 Å². The molecule has 2 aromatic carbocycles. The van der Waals surface area contributed by atoms with Crippen LogP contribution in [0.3, 0.4) is 0 Å². The smallest absolute Gasteiger partial charge is 0.126 e. The van der Waals surface area contributed by atoms with Crippen LogP contribution in [0.5, 0.6) is 0 Å². The van der Waals surface area contributed by atoms with E-state index < -0.39 is 108 Å². The summed E-state index contributed by atoms with van der Waals surface area (Å²) < 4.78 is 38.3. The summed E-state index contributed by atoms with van der Waals surface area (Å²) in [6.45, 7) is 22.0. The topological polar surface area (TPSA) is 197 Å². The summed E-state index contributed by atoms with van der Waals surface area (Å²) in [6.07, 6.45) is 0.736. The van der Waals surface area contributed by atoms with Crippen molar-refractivity contribution in [3.63, 3.8) is 0 Å². The number of rotatable bonds is 22.